The quantitative estimate of drug-likeness (QED) is 0.342. The lowest BCUT2D eigenvalue weighted by molar-refractivity contribution is -0.129. The van der Waals surface area contributed by atoms with Gasteiger partial charge in [0.15, 0.2) is 23.0 Å². The summed E-state index contributed by atoms with van der Waals surface area (Å²) in [6.07, 6.45) is 0.893. The van der Waals surface area contributed by atoms with Gasteiger partial charge in [0.1, 0.15) is 5.58 Å². The summed E-state index contributed by atoms with van der Waals surface area (Å²) in [5.41, 5.74) is 1.18. The molecule has 9 nitrogen and oxygen atoms in total. The zero-order chi connectivity index (χ0) is 28.2. The highest BCUT2D eigenvalue weighted by Gasteiger charge is 2.44. The Labute approximate surface area is 233 Å². The lowest BCUT2D eigenvalue weighted by Crippen LogP contribution is -2.43. The number of aliphatic hydroxyl groups excluding tert-OH is 1. The van der Waals surface area contributed by atoms with Crippen LogP contribution in [0.4, 0.5) is 0 Å². The Morgan fingerprint density at radius 3 is 2.58 bits per heavy atom. The van der Waals surface area contributed by atoms with E-state index in [1.165, 1.54) is 0 Å². The number of hydrogen-bond donors (Lipinski definition) is 1. The lowest BCUT2D eigenvalue weighted by atomic mass is 9.94. The first-order valence-corrected chi connectivity index (χ1v) is 13.8. The van der Waals surface area contributed by atoms with Crippen LogP contribution in [0.15, 0.2) is 64.3 Å². The Bertz CT molecular complexity index is 1370. The van der Waals surface area contributed by atoms with Crippen molar-refractivity contribution in [1.29, 1.82) is 0 Å². The second-order valence-electron chi connectivity index (χ2n) is 10.5. The summed E-state index contributed by atoms with van der Waals surface area (Å²) in [6.45, 7) is 8.48. The number of hydrogen-bond acceptors (Lipinski definition) is 8. The Kier molecular flexibility index (Phi) is 8.42. The molecule has 2 aromatic carbocycles. The number of carbonyl (C=O) groups excluding carboxylic acids is 2. The lowest BCUT2D eigenvalue weighted by Gasteiger charge is -2.31. The van der Waals surface area contributed by atoms with Gasteiger partial charge < -0.3 is 28.6 Å². The van der Waals surface area contributed by atoms with Gasteiger partial charge in [0, 0.05) is 31.6 Å². The molecule has 3 heterocycles. The number of fused-ring (bicyclic) bond motifs is 1. The number of carbonyl (C=O) groups is 2. The molecule has 0 radical (unpaired) electrons. The van der Waals surface area contributed by atoms with Crippen molar-refractivity contribution >= 4 is 22.7 Å². The minimum Gasteiger partial charge on any atom is -0.503 e. The number of ether oxygens (including phenoxy) is 3. The highest BCUT2D eigenvalue weighted by molar-refractivity contribution is 6.16. The summed E-state index contributed by atoms with van der Waals surface area (Å²) in [5, 5.41) is 11.9. The molecule has 5 rings (SSSR count). The Morgan fingerprint density at radius 2 is 1.85 bits per heavy atom. The van der Waals surface area contributed by atoms with E-state index in [4.69, 9.17) is 18.6 Å². The molecule has 1 amide bonds. The van der Waals surface area contributed by atoms with E-state index in [-0.39, 0.29) is 11.3 Å². The highest BCUT2D eigenvalue weighted by Crippen LogP contribution is 2.42. The first-order valence-electron chi connectivity index (χ1n) is 13.8. The third kappa shape index (κ3) is 5.71. The van der Waals surface area contributed by atoms with Crippen LogP contribution in [0, 0.1) is 5.92 Å². The van der Waals surface area contributed by atoms with E-state index in [0.29, 0.717) is 61.5 Å². The highest BCUT2D eigenvalue weighted by atomic mass is 16.5. The van der Waals surface area contributed by atoms with Crippen molar-refractivity contribution in [3.05, 3.63) is 71.2 Å². The Hall–Kier alpha value is -3.82. The molecule has 9 heteroatoms. The summed E-state index contributed by atoms with van der Waals surface area (Å²) in [6, 6.07) is 13.5. The molecule has 2 aliphatic rings. The van der Waals surface area contributed by atoms with Gasteiger partial charge >= 0.3 is 0 Å². The zero-order valence-electron chi connectivity index (χ0n) is 23.2. The first kappa shape index (κ1) is 27.7. The monoisotopic (exact) mass is 548 g/mol. The largest absolute Gasteiger partial charge is 0.503 e. The van der Waals surface area contributed by atoms with Gasteiger partial charge in [0.25, 0.3) is 5.91 Å². The van der Waals surface area contributed by atoms with Crippen LogP contribution in [0.5, 0.6) is 11.5 Å². The minimum absolute atomic E-state index is 0.0124. The molecule has 1 atom stereocenters. The fourth-order valence-corrected chi connectivity index (χ4v) is 5.14. The number of para-hydroxylation sites is 1. The summed E-state index contributed by atoms with van der Waals surface area (Å²) in [5.74, 6) is -0.0520. The first-order chi connectivity index (χ1) is 19.4. The fraction of sp³-hybridized carbons (Fsp3) is 0.419. The van der Waals surface area contributed by atoms with Crippen LogP contribution >= 0.6 is 0 Å². The van der Waals surface area contributed by atoms with Crippen LogP contribution in [0.2, 0.25) is 0 Å². The second-order valence-corrected chi connectivity index (χ2v) is 10.5. The second kappa shape index (κ2) is 12.1. The van der Waals surface area contributed by atoms with E-state index in [1.807, 2.05) is 24.3 Å². The molecule has 1 fully saturated rings. The molecule has 2 aliphatic heterocycles. The summed E-state index contributed by atoms with van der Waals surface area (Å²) in [7, 11) is 1.55. The van der Waals surface area contributed by atoms with E-state index in [0.717, 1.165) is 24.9 Å². The molecule has 1 saturated heterocycles. The van der Waals surface area contributed by atoms with Crippen LogP contribution in [0.1, 0.15) is 42.4 Å². The molecule has 0 saturated carbocycles. The number of furan rings is 1. The van der Waals surface area contributed by atoms with Crippen molar-refractivity contribution in [3.8, 4) is 11.5 Å². The molecule has 0 unspecified atom stereocenters. The third-order valence-corrected chi connectivity index (χ3v) is 7.41. The number of amides is 1. The van der Waals surface area contributed by atoms with Crippen molar-refractivity contribution in [1.82, 2.24) is 9.80 Å². The maximum absolute atomic E-state index is 13.9. The van der Waals surface area contributed by atoms with Gasteiger partial charge in [-0.15, -0.1) is 0 Å². The number of morpholine rings is 1. The molecule has 0 spiro atoms. The number of aliphatic hydroxyl groups is 1. The van der Waals surface area contributed by atoms with E-state index in [1.54, 1.807) is 36.3 Å². The molecular weight excluding hydrogens is 512 g/mol. The predicted octanol–water partition coefficient (Wildman–Crippen LogP) is 4.78. The van der Waals surface area contributed by atoms with Crippen LogP contribution in [0.25, 0.3) is 11.0 Å². The standard InChI is InChI=1S/C31H36N2O7/c1-20(2)10-15-39-24-9-8-22(19-25(24)37-3)28-27(29(34)26-18-21-6-4-5-7-23(21)40-26)30(35)31(36)33(28)12-11-32-13-16-38-17-14-32/h4-9,18-20,28,35H,10-17H2,1-3H3/t28-/m0/s1. The fourth-order valence-electron chi connectivity index (χ4n) is 5.14. The topological polar surface area (TPSA) is 102 Å². The number of benzene rings is 2. The number of nitrogens with zero attached hydrogens (tertiary/aromatic N) is 2. The normalized spacial score (nSPS) is 18.2. The Morgan fingerprint density at radius 1 is 1.07 bits per heavy atom. The van der Waals surface area contributed by atoms with Crippen molar-refractivity contribution in [2.45, 2.75) is 26.3 Å². The molecule has 3 aromatic rings. The van der Waals surface area contributed by atoms with Gasteiger partial charge in [-0.3, -0.25) is 14.5 Å². The molecule has 0 aliphatic carbocycles. The van der Waals surface area contributed by atoms with Crippen LogP contribution in [0.3, 0.4) is 0 Å². The van der Waals surface area contributed by atoms with Gasteiger partial charge in [-0.05, 0) is 42.2 Å². The number of methoxy groups -OCH3 is 1. The number of ketones is 1. The van der Waals surface area contributed by atoms with E-state index >= 15 is 0 Å². The van der Waals surface area contributed by atoms with Gasteiger partial charge in [-0.25, -0.2) is 0 Å². The smallest absolute Gasteiger partial charge is 0.290 e. The minimum atomic E-state index is -0.826. The molecule has 0 bridgehead atoms. The number of rotatable bonds is 11. The maximum atomic E-state index is 13.9. The summed E-state index contributed by atoms with van der Waals surface area (Å²) in [4.78, 5) is 31.1. The van der Waals surface area contributed by atoms with Crippen LogP contribution in [-0.4, -0.2) is 79.7 Å². The van der Waals surface area contributed by atoms with Crippen molar-refractivity contribution in [3.63, 3.8) is 0 Å². The van der Waals surface area contributed by atoms with E-state index in [2.05, 4.69) is 18.7 Å². The van der Waals surface area contributed by atoms with Crippen molar-refractivity contribution < 1.29 is 33.3 Å². The van der Waals surface area contributed by atoms with Crippen LogP contribution in [-0.2, 0) is 9.53 Å². The van der Waals surface area contributed by atoms with Crippen molar-refractivity contribution in [2.75, 3.05) is 53.1 Å². The molecular formula is C31H36N2O7. The summed E-state index contributed by atoms with van der Waals surface area (Å²) >= 11 is 0. The molecule has 1 N–H and O–H groups in total. The number of Topliss-reactive ketones (excluding diaryl/α,β-unsaturated/α-hetero) is 1. The van der Waals surface area contributed by atoms with Crippen molar-refractivity contribution in [2.24, 2.45) is 5.92 Å². The van der Waals surface area contributed by atoms with Gasteiger partial charge in [0.2, 0.25) is 5.78 Å². The van der Waals surface area contributed by atoms with Gasteiger partial charge in [-0.1, -0.05) is 38.1 Å². The SMILES string of the molecule is COc1cc([C@H]2C(C(=O)c3cc4ccccc4o3)=C(O)C(=O)N2CCN2CCOCC2)ccc1OCCC(C)C. The van der Waals surface area contributed by atoms with Crippen LogP contribution < -0.4 is 9.47 Å². The zero-order valence-corrected chi connectivity index (χ0v) is 23.2. The average Bonchev–Trinajstić information content (AvgIpc) is 3.51. The molecule has 40 heavy (non-hydrogen) atoms. The Balaban J connectivity index is 1.49. The average molecular weight is 549 g/mol. The maximum Gasteiger partial charge on any atom is 0.290 e. The predicted molar refractivity (Wildman–Crippen MR) is 150 cm³/mol. The van der Waals surface area contributed by atoms with E-state index < -0.39 is 23.5 Å². The van der Waals surface area contributed by atoms with Gasteiger partial charge in [0.05, 0.1) is 38.5 Å². The van der Waals surface area contributed by atoms with Gasteiger partial charge in [-0.2, -0.15) is 0 Å². The molecule has 1 aromatic heterocycles. The molecule has 212 valence electrons. The van der Waals surface area contributed by atoms with E-state index in [9.17, 15) is 14.7 Å². The third-order valence-electron chi connectivity index (χ3n) is 7.41. The summed E-state index contributed by atoms with van der Waals surface area (Å²) < 4.78 is 22.9.